The Balaban J connectivity index is 1.57. The van der Waals surface area contributed by atoms with Crippen LogP contribution in [0.1, 0.15) is 48.5 Å². The number of carbonyl (C=O) groups excluding carboxylic acids is 1. The Morgan fingerprint density at radius 1 is 0.800 bits per heavy atom. The molecule has 0 unspecified atom stereocenters. The molecule has 0 atom stereocenters. The molecule has 5 nitrogen and oxygen atoms in total. The van der Waals surface area contributed by atoms with Crippen molar-refractivity contribution in [3.05, 3.63) is 136 Å². The van der Waals surface area contributed by atoms with Crippen molar-refractivity contribution in [2.24, 2.45) is 0 Å². The minimum atomic E-state index is -1.06. The molecule has 0 aliphatic heterocycles. The molecule has 6 heteroatoms. The Labute approximate surface area is 202 Å². The molecule has 0 aliphatic rings. The van der Waals surface area contributed by atoms with E-state index in [1.54, 1.807) is 54.6 Å². The van der Waals surface area contributed by atoms with Crippen LogP contribution in [0, 0.1) is 17.1 Å². The van der Waals surface area contributed by atoms with E-state index in [4.69, 9.17) is 5.26 Å². The van der Waals surface area contributed by atoms with Crippen molar-refractivity contribution in [2.75, 3.05) is 5.32 Å². The maximum atomic E-state index is 13.5. The van der Waals surface area contributed by atoms with Gasteiger partial charge in [0.25, 0.3) is 5.91 Å². The summed E-state index contributed by atoms with van der Waals surface area (Å²) in [4.78, 5) is 24.6. The highest BCUT2D eigenvalue weighted by atomic mass is 19.1. The van der Waals surface area contributed by atoms with Gasteiger partial charge in [0.05, 0.1) is 17.2 Å². The van der Waals surface area contributed by atoms with Crippen LogP contribution in [-0.4, -0.2) is 17.0 Å². The number of carboxylic acid groups (broad SMARTS) is 1. The molecular weight excluding hydrogens is 443 g/mol. The minimum Gasteiger partial charge on any atom is -0.478 e. The second kappa shape index (κ2) is 10.4. The molecule has 0 aliphatic carbocycles. The van der Waals surface area contributed by atoms with Gasteiger partial charge in [-0.15, -0.1) is 0 Å². The molecule has 0 bridgehead atoms. The molecule has 0 aromatic heterocycles. The quantitative estimate of drug-likeness (QED) is 0.360. The Kier molecular flexibility index (Phi) is 6.99. The number of nitriles is 1. The van der Waals surface area contributed by atoms with E-state index in [2.05, 4.69) is 11.4 Å². The Hall–Kier alpha value is -4.76. The second-order valence-electron chi connectivity index (χ2n) is 8.12. The zero-order chi connectivity index (χ0) is 24.8. The first kappa shape index (κ1) is 23.4. The summed E-state index contributed by atoms with van der Waals surface area (Å²) in [5.74, 6) is -1.71. The van der Waals surface area contributed by atoms with Crippen molar-refractivity contribution in [3.63, 3.8) is 0 Å². The van der Waals surface area contributed by atoms with E-state index in [-0.39, 0.29) is 17.3 Å². The van der Waals surface area contributed by atoms with Gasteiger partial charge in [-0.25, -0.2) is 9.18 Å². The summed E-state index contributed by atoms with van der Waals surface area (Å²) in [6.07, 6.45) is 0.859. The molecule has 0 heterocycles. The van der Waals surface area contributed by atoms with Gasteiger partial charge in [0.15, 0.2) is 0 Å². The van der Waals surface area contributed by atoms with Gasteiger partial charge in [-0.2, -0.15) is 5.26 Å². The summed E-state index contributed by atoms with van der Waals surface area (Å²) in [7, 11) is 0. The zero-order valence-corrected chi connectivity index (χ0v) is 18.7. The van der Waals surface area contributed by atoms with Gasteiger partial charge >= 0.3 is 5.97 Å². The standard InChI is InChI=1S/C29H21FN2O3/c30-26-6-2-4-22(16-26)13-21-3-1-5-23(15-21)28(33)32-27-12-11-24(29(34)35)17-25(27)14-19-7-9-20(18-31)10-8-19/h1-12,15-17H,13-14H2,(H,32,33)(H,34,35). The van der Waals surface area contributed by atoms with Gasteiger partial charge in [0, 0.05) is 11.3 Å². The van der Waals surface area contributed by atoms with Gasteiger partial charge in [-0.3, -0.25) is 4.79 Å². The molecule has 2 N–H and O–H groups in total. The smallest absolute Gasteiger partial charge is 0.335 e. The fourth-order valence-electron chi connectivity index (χ4n) is 3.81. The number of amides is 1. The molecule has 4 aromatic carbocycles. The molecule has 172 valence electrons. The van der Waals surface area contributed by atoms with Gasteiger partial charge in [-0.1, -0.05) is 36.4 Å². The van der Waals surface area contributed by atoms with Crippen molar-refractivity contribution in [1.82, 2.24) is 0 Å². The van der Waals surface area contributed by atoms with Crippen LogP contribution < -0.4 is 5.32 Å². The number of hydrogen-bond donors (Lipinski definition) is 2. The summed E-state index contributed by atoms with van der Waals surface area (Å²) in [6.45, 7) is 0. The van der Waals surface area contributed by atoms with Crippen LogP contribution >= 0.6 is 0 Å². The fraction of sp³-hybridized carbons (Fsp3) is 0.0690. The van der Waals surface area contributed by atoms with Crippen LogP contribution in [0.15, 0.2) is 91.0 Å². The number of carbonyl (C=O) groups is 2. The maximum Gasteiger partial charge on any atom is 0.335 e. The van der Waals surface area contributed by atoms with E-state index in [1.165, 1.54) is 24.3 Å². The average Bonchev–Trinajstić information content (AvgIpc) is 2.85. The van der Waals surface area contributed by atoms with Crippen molar-refractivity contribution in [2.45, 2.75) is 12.8 Å². The Morgan fingerprint density at radius 3 is 2.20 bits per heavy atom. The number of nitrogens with one attached hydrogen (secondary N) is 1. The highest BCUT2D eigenvalue weighted by Crippen LogP contribution is 2.23. The highest BCUT2D eigenvalue weighted by Gasteiger charge is 2.14. The number of carboxylic acids is 1. The number of anilines is 1. The Morgan fingerprint density at radius 2 is 1.51 bits per heavy atom. The van der Waals surface area contributed by atoms with E-state index >= 15 is 0 Å². The third kappa shape index (κ3) is 5.98. The zero-order valence-electron chi connectivity index (χ0n) is 18.7. The lowest BCUT2D eigenvalue weighted by molar-refractivity contribution is 0.0696. The van der Waals surface area contributed by atoms with Crippen LogP contribution in [0.2, 0.25) is 0 Å². The van der Waals surface area contributed by atoms with E-state index < -0.39 is 5.97 Å². The highest BCUT2D eigenvalue weighted by molar-refractivity contribution is 6.05. The molecule has 35 heavy (non-hydrogen) atoms. The van der Waals surface area contributed by atoms with Crippen LogP contribution in [-0.2, 0) is 12.8 Å². The summed E-state index contributed by atoms with van der Waals surface area (Å²) in [5.41, 5.74) is 4.76. The van der Waals surface area contributed by atoms with Crippen LogP contribution in [0.5, 0.6) is 0 Å². The molecule has 0 radical (unpaired) electrons. The predicted molar refractivity (Wildman–Crippen MR) is 131 cm³/mol. The molecule has 0 fully saturated rings. The van der Waals surface area contributed by atoms with Crippen molar-refractivity contribution in [3.8, 4) is 6.07 Å². The topological polar surface area (TPSA) is 90.2 Å². The van der Waals surface area contributed by atoms with Crippen molar-refractivity contribution < 1.29 is 19.1 Å². The van der Waals surface area contributed by atoms with E-state index in [1.807, 2.05) is 12.1 Å². The average molecular weight is 464 g/mol. The lowest BCUT2D eigenvalue weighted by Gasteiger charge is -2.13. The monoisotopic (exact) mass is 464 g/mol. The summed E-state index contributed by atoms with van der Waals surface area (Å²) < 4.78 is 13.5. The summed E-state index contributed by atoms with van der Waals surface area (Å²) in [5, 5.41) is 21.3. The minimum absolute atomic E-state index is 0.115. The number of halogens is 1. The molecule has 4 aromatic rings. The molecule has 4 rings (SSSR count). The van der Waals surface area contributed by atoms with Crippen LogP contribution in [0.25, 0.3) is 0 Å². The summed E-state index contributed by atoms with van der Waals surface area (Å²) in [6, 6.07) is 27.0. The summed E-state index contributed by atoms with van der Waals surface area (Å²) >= 11 is 0. The first-order valence-electron chi connectivity index (χ1n) is 10.9. The van der Waals surface area contributed by atoms with Crippen LogP contribution in [0.4, 0.5) is 10.1 Å². The molecule has 0 saturated heterocycles. The molecule has 0 saturated carbocycles. The van der Waals surface area contributed by atoms with E-state index in [9.17, 15) is 19.1 Å². The number of benzene rings is 4. The van der Waals surface area contributed by atoms with Crippen molar-refractivity contribution >= 4 is 17.6 Å². The van der Waals surface area contributed by atoms with Gasteiger partial charge in [-0.05, 0) is 89.7 Å². The number of aromatic carboxylic acids is 1. The molecule has 1 amide bonds. The third-order valence-corrected chi connectivity index (χ3v) is 5.56. The first-order chi connectivity index (χ1) is 16.9. The molecular formula is C29H21FN2O3. The van der Waals surface area contributed by atoms with E-state index in [0.29, 0.717) is 35.2 Å². The SMILES string of the molecule is N#Cc1ccc(Cc2cc(C(=O)O)ccc2NC(=O)c2cccc(Cc3cccc(F)c3)c2)cc1. The maximum absolute atomic E-state index is 13.5. The number of hydrogen-bond acceptors (Lipinski definition) is 3. The fourth-order valence-corrected chi connectivity index (χ4v) is 3.81. The van der Waals surface area contributed by atoms with Crippen LogP contribution in [0.3, 0.4) is 0 Å². The first-order valence-corrected chi connectivity index (χ1v) is 10.9. The number of rotatable bonds is 7. The number of nitrogens with zero attached hydrogens (tertiary/aromatic N) is 1. The predicted octanol–water partition coefficient (Wildman–Crippen LogP) is 5.83. The van der Waals surface area contributed by atoms with E-state index in [0.717, 1.165) is 16.7 Å². The third-order valence-electron chi connectivity index (χ3n) is 5.56. The van der Waals surface area contributed by atoms with Crippen molar-refractivity contribution in [1.29, 1.82) is 5.26 Å². The second-order valence-corrected chi connectivity index (χ2v) is 8.12. The van der Waals surface area contributed by atoms with Gasteiger partial charge < -0.3 is 10.4 Å². The lowest BCUT2D eigenvalue weighted by atomic mass is 9.99. The normalized spacial score (nSPS) is 10.4. The Bertz CT molecular complexity index is 1440. The molecule has 0 spiro atoms. The lowest BCUT2D eigenvalue weighted by Crippen LogP contribution is -2.14. The largest absolute Gasteiger partial charge is 0.478 e. The van der Waals surface area contributed by atoms with Gasteiger partial charge in [0.1, 0.15) is 5.82 Å². The van der Waals surface area contributed by atoms with Gasteiger partial charge in [0.2, 0.25) is 0 Å².